The van der Waals surface area contributed by atoms with Gasteiger partial charge in [0.25, 0.3) is 5.91 Å². The second kappa shape index (κ2) is 11.1. The van der Waals surface area contributed by atoms with Crippen LogP contribution in [0.5, 0.6) is 5.75 Å². The minimum Gasteiger partial charge on any atom is -0.494 e. The molecule has 8 heteroatoms. The number of para-hydroxylation sites is 1. The van der Waals surface area contributed by atoms with Gasteiger partial charge in [-0.1, -0.05) is 18.2 Å². The highest BCUT2D eigenvalue weighted by Gasteiger charge is 2.39. The Morgan fingerprint density at radius 3 is 2.50 bits per heavy atom. The van der Waals surface area contributed by atoms with Gasteiger partial charge in [-0.3, -0.25) is 24.6 Å². The number of rotatable bonds is 9. The average Bonchev–Trinajstić information content (AvgIpc) is 3.22. The monoisotopic (exact) mass is 490 g/mol. The largest absolute Gasteiger partial charge is 0.494 e. The maximum atomic E-state index is 12.9. The van der Waals surface area contributed by atoms with E-state index in [1.54, 1.807) is 4.90 Å². The number of piperazine rings is 1. The van der Waals surface area contributed by atoms with Gasteiger partial charge in [-0.05, 0) is 68.1 Å². The van der Waals surface area contributed by atoms with Crippen molar-refractivity contribution in [2.45, 2.75) is 44.7 Å². The van der Waals surface area contributed by atoms with E-state index in [1.807, 2.05) is 42.5 Å². The van der Waals surface area contributed by atoms with Crippen LogP contribution in [0.2, 0.25) is 0 Å². The number of amides is 3. The Bertz CT molecular complexity index is 1100. The van der Waals surface area contributed by atoms with E-state index >= 15 is 0 Å². The molecular weight excluding hydrogens is 456 g/mol. The van der Waals surface area contributed by atoms with Gasteiger partial charge in [0.05, 0.1) is 6.61 Å². The lowest BCUT2D eigenvalue weighted by molar-refractivity contribution is -0.136. The predicted molar refractivity (Wildman–Crippen MR) is 137 cm³/mol. The van der Waals surface area contributed by atoms with E-state index in [0.29, 0.717) is 18.5 Å². The van der Waals surface area contributed by atoms with Crippen molar-refractivity contribution < 1.29 is 19.1 Å². The smallest absolute Gasteiger partial charge is 0.255 e. The van der Waals surface area contributed by atoms with Gasteiger partial charge >= 0.3 is 0 Å². The molecule has 2 aromatic carbocycles. The summed E-state index contributed by atoms with van der Waals surface area (Å²) in [7, 11) is 0. The molecule has 2 fully saturated rings. The zero-order chi connectivity index (χ0) is 24.9. The third-order valence-electron chi connectivity index (χ3n) is 7.38. The minimum absolute atomic E-state index is 0.120. The molecule has 0 aliphatic carbocycles. The Morgan fingerprint density at radius 2 is 1.72 bits per heavy atom. The summed E-state index contributed by atoms with van der Waals surface area (Å²) in [6, 6.07) is 15.4. The second-order valence-corrected chi connectivity index (χ2v) is 9.79. The summed E-state index contributed by atoms with van der Waals surface area (Å²) < 4.78 is 5.77. The van der Waals surface area contributed by atoms with Crippen molar-refractivity contribution >= 4 is 23.4 Å². The first kappa shape index (κ1) is 24.3. The fourth-order valence-electron chi connectivity index (χ4n) is 5.31. The zero-order valence-electron chi connectivity index (χ0n) is 20.7. The van der Waals surface area contributed by atoms with Crippen LogP contribution in [0.3, 0.4) is 0 Å². The van der Waals surface area contributed by atoms with E-state index in [9.17, 15) is 14.4 Å². The predicted octanol–water partition coefficient (Wildman–Crippen LogP) is 2.82. The van der Waals surface area contributed by atoms with E-state index < -0.39 is 6.04 Å². The topological polar surface area (TPSA) is 82.2 Å². The molecule has 0 spiro atoms. The molecule has 1 unspecified atom stereocenters. The first-order valence-electron chi connectivity index (χ1n) is 13.0. The number of ether oxygens (including phenoxy) is 1. The number of nitrogens with zero attached hydrogens (tertiary/aromatic N) is 3. The lowest BCUT2D eigenvalue weighted by atomic mass is 10.0. The molecule has 0 aromatic heterocycles. The molecule has 3 aliphatic heterocycles. The van der Waals surface area contributed by atoms with E-state index in [2.05, 4.69) is 21.2 Å². The van der Waals surface area contributed by atoms with Crippen molar-refractivity contribution in [2.24, 2.45) is 0 Å². The fourth-order valence-corrected chi connectivity index (χ4v) is 5.31. The van der Waals surface area contributed by atoms with Crippen LogP contribution in [0.1, 0.15) is 48.0 Å². The number of hydrogen-bond donors (Lipinski definition) is 1. The Kier molecular flexibility index (Phi) is 7.51. The molecule has 3 aliphatic rings. The van der Waals surface area contributed by atoms with Crippen LogP contribution in [0.4, 0.5) is 5.69 Å². The van der Waals surface area contributed by atoms with Crippen LogP contribution in [0, 0.1) is 0 Å². The Morgan fingerprint density at radius 1 is 0.917 bits per heavy atom. The van der Waals surface area contributed by atoms with Crippen LogP contribution < -0.4 is 15.0 Å². The molecule has 0 radical (unpaired) electrons. The van der Waals surface area contributed by atoms with Crippen LogP contribution in [0.25, 0.3) is 0 Å². The molecule has 2 saturated heterocycles. The van der Waals surface area contributed by atoms with Crippen molar-refractivity contribution in [3.05, 3.63) is 59.7 Å². The van der Waals surface area contributed by atoms with Gasteiger partial charge in [0.1, 0.15) is 11.8 Å². The van der Waals surface area contributed by atoms with Gasteiger partial charge in [-0.15, -0.1) is 0 Å². The van der Waals surface area contributed by atoms with Gasteiger partial charge < -0.3 is 14.5 Å². The zero-order valence-corrected chi connectivity index (χ0v) is 20.7. The number of carbonyl (C=O) groups excluding carboxylic acids is 3. The third kappa shape index (κ3) is 5.54. The maximum Gasteiger partial charge on any atom is 0.255 e. The van der Waals surface area contributed by atoms with Gasteiger partial charge in [0.2, 0.25) is 11.8 Å². The molecule has 1 N–H and O–H groups in total. The first-order chi connectivity index (χ1) is 17.6. The number of nitrogens with one attached hydrogen (secondary N) is 1. The summed E-state index contributed by atoms with van der Waals surface area (Å²) in [5, 5.41) is 2.36. The SMILES string of the molecule is O=C1CCC(N2Cc3cc(N4CCN(CCCCCOc5ccccc5)CC4)ccc3C2=O)C(=O)N1. The summed E-state index contributed by atoms with van der Waals surface area (Å²) in [6.45, 7) is 6.26. The highest BCUT2D eigenvalue weighted by atomic mass is 16.5. The average molecular weight is 491 g/mol. The lowest BCUT2D eigenvalue weighted by Crippen LogP contribution is -2.52. The van der Waals surface area contributed by atoms with Crippen molar-refractivity contribution in [3.63, 3.8) is 0 Å². The highest BCUT2D eigenvalue weighted by Crippen LogP contribution is 2.31. The quantitative estimate of drug-likeness (QED) is 0.430. The lowest BCUT2D eigenvalue weighted by Gasteiger charge is -2.36. The van der Waals surface area contributed by atoms with Crippen molar-refractivity contribution in [2.75, 3.05) is 44.2 Å². The minimum atomic E-state index is -0.570. The van der Waals surface area contributed by atoms with E-state index in [4.69, 9.17) is 4.74 Å². The third-order valence-corrected chi connectivity index (χ3v) is 7.38. The van der Waals surface area contributed by atoms with Crippen molar-refractivity contribution in [3.8, 4) is 5.75 Å². The second-order valence-electron chi connectivity index (χ2n) is 9.79. The molecular formula is C28H34N4O4. The van der Waals surface area contributed by atoms with Crippen LogP contribution >= 0.6 is 0 Å². The molecule has 5 rings (SSSR count). The highest BCUT2D eigenvalue weighted by molar-refractivity contribution is 6.05. The molecule has 1 atom stereocenters. The van der Waals surface area contributed by atoms with Crippen LogP contribution in [-0.2, 0) is 16.1 Å². The Balaban J connectivity index is 1.05. The van der Waals surface area contributed by atoms with E-state index in [1.165, 1.54) is 6.42 Å². The summed E-state index contributed by atoms with van der Waals surface area (Å²) >= 11 is 0. The molecule has 2 aromatic rings. The van der Waals surface area contributed by atoms with Gasteiger partial charge in [0, 0.05) is 50.4 Å². The molecule has 3 heterocycles. The first-order valence-corrected chi connectivity index (χ1v) is 13.0. The summed E-state index contributed by atoms with van der Waals surface area (Å²) in [5.74, 6) is 0.185. The standard InChI is InChI=1S/C28H34N4O4/c33-26-12-11-25(27(34)29-26)32-20-21-19-22(9-10-24(21)28(32)35)31-16-14-30(15-17-31)13-5-2-6-18-36-23-7-3-1-4-8-23/h1,3-4,7-10,19,25H,2,5-6,11-18,20H2,(H,29,33,34). The molecule has 190 valence electrons. The van der Waals surface area contributed by atoms with E-state index in [0.717, 1.165) is 69.2 Å². The molecule has 0 saturated carbocycles. The number of unbranched alkanes of at least 4 members (excludes halogenated alkanes) is 2. The van der Waals surface area contributed by atoms with Gasteiger partial charge in [0.15, 0.2) is 0 Å². The molecule has 0 bridgehead atoms. The number of anilines is 1. The Labute approximate surface area is 212 Å². The Hall–Kier alpha value is -3.39. The number of imide groups is 1. The maximum absolute atomic E-state index is 12.9. The van der Waals surface area contributed by atoms with Crippen LogP contribution in [0.15, 0.2) is 48.5 Å². The summed E-state index contributed by atoms with van der Waals surface area (Å²) in [5.41, 5.74) is 2.75. The van der Waals surface area contributed by atoms with Crippen molar-refractivity contribution in [1.29, 1.82) is 0 Å². The number of hydrogen-bond acceptors (Lipinski definition) is 6. The fraction of sp³-hybridized carbons (Fsp3) is 0.464. The van der Waals surface area contributed by atoms with Gasteiger partial charge in [-0.25, -0.2) is 0 Å². The van der Waals surface area contributed by atoms with Gasteiger partial charge in [-0.2, -0.15) is 0 Å². The number of piperidine rings is 1. The molecule has 3 amide bonds. The molecule has 8 nitrogen and oxygen atoms in total. The number of fused-ring (bicyclic) bond motifs is 1. The number of benzene rings is 2. The summed E-state index contributed by atoms with van der Waals surface area (Å²) in [6.07, 6.45) is 4.07. The summed E-state index contributed by atoms with van der Waals surface area (Å²) in [4.78, 5) is 43.2. The van der Waals surface area contributed by atoms with E-state index in [-0.39, 0.29) is 24.1 Å². The number of carbonyl (C=O) groups is 3. The van der Waals surface area contributed by atoms with Crippen LogP contribution in [-0.4, -0.2) is 72.9 Å². The molecule has 36 heavy (non-hydrogen) atoms. The van der Waals surface area contributed by atoms with Crippen molar-refractivity contribution in [1.82, 2.24) is 15.1 Å². The normalized spacial score (nSPS) is 20.4.